The molecule has 2 nitrogen and oxygen atoms in total. The number of fused-ring (bicyclic) bond motifs is 1. The Balaban J connectivity index is 2.42. The van der Waals surface area contributed by atoms with E-state index >= 15 is 0 Å². The fraction of sp³-hybridized carbons (Fsp3) is 0.286. The minimum absolute atomic E-state index is 0.339. The normalized spacial score (nSPS) is 10.9. The van der Waals surface area contributed by atoms with Crippen LogP contribution in [0.3, 0.4) is 0 Å². The molecule has 2 rings (SSSR count). The summed E-state index contributed by atoms with van der Waals surface area (Å²) in [5.74, 6) is 0.943. The summed E-state index contributed by atoms with van der Waals surface area (Å²) in [6.07, 6.45) is 0. The predicted molar refractivity (Wildman–Crippen MR) is 68.9 cm³/mol. The standard InChI is InChI=1S/C14H17NO/c1-10(2)9-15-13-7-3-6-12-11(13)5-4-8-14(12)16/h3-8,10,15-16H,9H2,1-2H3. The van der Waals surface area contributed by atoms with Gasteiger partial charge >= 0.3 is 0 Å². The van der Waals surface area contributed by atoms with Crippen LogP contribution in [0.15, 0.2) is 36.4 Å². The lowest BCUT2D eigenvalue weighted by Crippen LogP contribution is -2.07. The minimum Gasteiger partial charge on any atom is -0.507 e. The number of hydrogen-bond acceptors (Lipinski definition) is 2. The van der Waals surface area contributed by atoms with Crippen molar-refractivity contribution in [2.75, 3.05) is 11.9 Å². The number of rotatable bonds is 3. The Hall–Kier alpha value is -1.70. The van der Waals surface area contributed by atoms with E-state index in [-0.39, 0.29) is 0 Å². The molecule has 16 heavy (non-hydrogen) atoms. The van der Waals surface area contributed by atoms with Crippen LogP contribution in [0.4, 0.5) is 5.69 Å². The Morgan fingerprint density at radius 2 is 1.75 bits per heavy atom. The molecule has 0 bridgehead atoms. The Kier molecular flexibility index (Phi) is 3.00. The molecular weight excluding hydrogens is 198 g/mol. The van der Waals surface area contributed by atoms with Gasteiger partial charge in [0.1, 0.15) is 5.75 Å². The lowest BCUT2D eigenvalue weighted by Gasteiger charge is -2.12. The maximum absolute atomic E-state index is 9.75. The van der Waals surface area contributed by atoms with Gasteiger partial charge in [-0.15, -0.1) is 0 Å². The quantitative estimate of drug-likeness (QED) is 0.819. The molecule has 0 aromatic heterocycles. The summed E-state index contributed by atoms with van der Waals surface area (Å²) in [5, 5.41) is 15.1. The molecule has 84 valence electrons. The van der Waals surface area contributed by atoms with Gasteiger partial charge in [0, 0.05) is 23.0 Å². The van der Waals surface area contributed by atoms with Gasteiger partial charge in [0.15, 0.2) is 0 Å². The number of aromatic hydroxyl groups is 1. The average Bonchev–Trinajstić information content (AvgIpc) is 2.27. The molecule has 2 aromatic rings. The number of nitrogens with one attached hydrogen (secondary N) is 1. The third-order valence-corrected chi connectivity index (χ3v) is 2.60. The van der Waals surface area contributed by atoms with E-state index in [1.54, 1.807) is 6.07 Å². The van der Waals surface area contributed by atoms with Gasteiger partial charge in [-0.3, -0.25) is 0 Å². The van der Waals surface area contributed by atoms with Gasteiger partial charge in [-0.2, -0.15) is 0 Å². The van der Waals surface area contributed by atoms with E-state index in [1.807, 2.05) is 30.3 Å². The molecule has 0 atom stereocenters. The van der Waals surface area contributed by atoms with Crippen molar-refractivity contribution < 1.29 is 5.11 Å². The monoisotopic (exact) mass is 215 g/mol. The zero-order chi connectivity index (χ0) is 11.5. The van der Waals surface area contributed by atoms with Crippen molar-refractivity contribution >= 4 is 16.5 Å². The van der Waals surface area contributed by atoms with Gasteiger partial charge in [0.25, 0.3) is 0 Å². The van der Waals surface area contributed by atoms with Crippen LogP contribution in [0.25, 0.3) is 10.8 Å². The maximum atomic E-state index is 9.75. The van der Waals surface area contributed by atoms with Crippen LogP contribution >= 0.6 is 0 Å². The third kappa shape index (κ3) is 2.11. The number of benzene rings is 2. The molecule has 0 aliphatic rings. The summed E-state index contributed by atoms with van der Waals surface area (Å²) in [7, 11) is 0. The van der Waals surface area contributed by atoms with Crippen LogP contribution in [0.1, 0.15) is 13.8 Å². The first kappa shape index (κ1) is 10.8. The summed E-state index contributed by atoms with van der Waals surface area (Å²) < 4.78 is 0. The van der Waals surface area contributed by atoms with Crippen LogP contribution in [0.5, 0.6) is 5.75 Å². The van der Waals surface area contributed by atoms with Gasteiger partial charge < -0.3 is 10.4 Å². The Morgan fingerprint density at radius 3 is 2.50 bits per heavy atom. The fourth-order valence-electron chi connectivity index (χ4n) is 1.76. The van der Waals surface area contributed by atoms with Crippen LogP contribution in [-0.2, 0) is 0 Å². The smallest absolute Gasteiger partial charge is 0.123 e. The van der Waals surface area contributed by atoms with Crippen molar-refractivity contribution in [3.8, 4) is 5.75 Å². The lowest BCUT2D eigenvalue weighted by atomic mass is 10.1. The molecular formula is C14H17NO. The summed E-state index contributed by atoms with van der Waals surface area (Å²) in [4.78, 5) is 0. The highest BCUT2D eigenvalue weighted by atomic mass is 16.3. The predicted octanol–water partition coefficient (Wildman–Crippen LogP) is 3.61. The van der Waals surface area contributed by atoms with Crippen molar-refractivity contribution in [3.05, 3.63) is 36.4 Å². The van der Waals surface area contributed by atoms with Gasteiger partial charge in [-0.1, -0.05) is 38.1 Å². The largest absolute Gasteiger partial charge is 0.507 e. The summed E-state index contributed by atoms with van der Waals surface area (Å²) >= 11 is 0. The van der Waals surface area contributed by atoms with Crippen LogP contribution in [0.2, 0.25) is 0 Å². The zero-order valence-corrected chi connectivity index (χ0v) is 9.70. The number of hydrogen-bond donors (Lipinski definition) is 2. The Bertz CT molecular complexity index is 491. The first-order chi connectivity index (χ1) is 7.68. The van der Waals surface area contributed by atoms with E-state index in [0.717, 1.165) is 23.0 Å². The SMILES string of the molecule is CC(C)CNc1cccc2c(O)cccc12. The molecule has 0 aliphatic carbocycles. The van der Waals surface area contributed by atoms with Crippen molar-refractivity contribution in [3.63, 3.8) is 0 Å². The second-order valence-corrected chi connectivity index (χ2v) is 4.45. The second-order valence-electron chi connectivity index (χ2n) is 4.45. The van der Waals surface area contributed by atoms with Gasteiger partial charge in [-0.25, -0.2) is 0 Å². The molecule has 0 unspecified atom stereocenters. The van der Waals surface area contributed by atoms with E-state index < -0.39 is 0 Å². The first-order valence-electron chi connectivity index (χ1n) is 5.63. The van der Waals surface area contributed by atoms with Gasteiger partial charge in [0.2, 0.25) is 0 Å². The number of phenolic OH excluding ortho intramolecular Hbond substituents is 1. The topological polar surface area (TPSA) is 32.3 Å². The molecule has 0 spiro atoms. The van der Waals surface area contributed by atoms with Crippen molar-refractivity contribution in [1.82, 2.24) is 0 Å². The summed E-state index contributed by atoms with van der Waals surface area (Å²) in [6.45, 7) is 5.29. The molecule has 2 aromatic carbocycles. The van der Waals surface area contributed by atoms with E-state index in [4.69, 9.17) is 0 Å². The summed E-state index contributed by atoms with van der Waals surface area (Å²) in [5.41, 5.74) is 1.09. The highest BCUT2D eigenvalue weighted by Crippen LogP contribution is 2.29. The molecule has 0 fully saturated rings. The highest BCUT2D eigenvalue weighted by molar-refractivity contribution is 5.97. The molecule has 0 saturated carbocycles. The van der Waals surface area contributed by atoms with E-state index in [9.17, 15) is 5.11 Å². The van der Waals surface area contributed by atoms with Crippen molar-refractivity contribution in [2.45, 2.75) is 13.8 Å². The van der Waals surface area contributed by atoms with Crippen molar-refractivity contribution in [1.29, 1.82) is 0 Å². The fourth-order valence-corrected chi connectivity index (χ4v) is 1.76. The Morgan fingerprint density at radius 1 is 1.06 bits per heavy atom. The first-order valence-corrected chi connectivity index (χ1v) is 5.63. The van der Waals surface area contributed by atoms with E-state index in [2.05, 4.69) is 19.2 Å². The van der Waals surface area contributed by atoms with Gasteiger partial charge in [0.05, 0.1) is 0 Å². The zero-order valence-electron chi connectivity index (χ0n) is 9.70. The maximum Gasteiger partial charge on any atom is 0.123 e. The Labute approximate surface area is 95.9 Å². The van der Waals surface area contributed by atoms with Gasteiger partial charge in [-0.05, 0) is 18.1 Å². The third-order valence-electron chi connectivity index (χ3n) is 2.60. The van der Waals surface area contributed by atoms with Crippen LogP contribution in [-0.4, -0.2) is 11.7 Å². The molecule has 0 heterocycles. The van der Waals surface area contributed by atoms with E-state index in [0.29, 0.717) is 11.7 Å². The summed E-state index contributed by atoms with van der Waals surface area (Å²) in [6, 6.07) is 11.6. The average molecular weight is 215 g/mol. The van der Waals surface area contributed by atoms with Crippen molar-refractivity contribution in [2.24, 2.45) is 5.92 Å². The molecule has 0 saturated heterocycles. The minimum atomic E-state index is 0.339. The lowest BCUT2D eigenvalue weighted by molar-refractivity contribution is 0.481. The molecule has 2 heteroatoms. The second kappa shape index (κ2) is 4.44. The van der Waals surface area contributed by atoms with E-state index in [1.165, 1.54) is 0 Å². The molecule has 0 radical (unpaired) electrons. The van der Waals surface area contributed by atoms with Crippen LogP contribution < -0.4 is 5.32 Å². The molecule has 0 aliphatic heterocycles. The highest BCUT2D eigenvalue weighted by Gasteiger charge is 2.03. The number of anilines is 1. The number of phenols is 1. The van der Waals surface area contributed by atoms with Crippen LogP contribution in [0, 0.1) is 5.92 Å². The molecule has 0 amide bonds. The molecule has 2 N–H and O–H groups in total.